The van der Waals surface area contributed by atoms with Crippen molar-refractivity contribution in [2.45, 2.75) is 26.1 Å². The molecule has 25 heavy (non-hydrogen) atoms. The first-order valence-corrected chi connectivity index (χ1v) is 9.31. The zero-order valence-electron chi connectivity index (χ0n) is 14.7. The molecule has 0 radical (unpaired) electrons. The average molecular weight is 358 g/mol. The first-order valence-electron chi connectivity index (χ1n) is 8.26. The van der Waals surface area contributed by atoms with Crippen LogP contribution >= 0.6 is 11.8 Å². The van der Waals surface area contributed by atoms with Gasteiger partial charge in [0.15, 0.2) is 0 Å². The lowest BCUT2D eigenvalue weighted by Crippen LogP contribution is -2.36. The molecule has 0 spiro atoms. The summed E-state index contributed by atoms with van der Waals surface area (Å²) in [6.45, 7) is 6.47. The highest BCUT2D eigenvalue weighted by molar-refractivity contribution is 8.00. The van der Waals surface area contributed by atoms with Crippen LogP contribution in [-0.2, 0) is 9.59 Å². The van der Waals surface area contributed by atoms with Crippen LogP contribution in [0.3, 0.4) is 0 Å². The minimum atomic E-state index is -0.0832. The Morgan fingerprint density at radius 3 is 2.72 bits per heavy atom. The molecule has 2 aromatic rings. The van der Waals surface area contributed by atoms with Crippen LogP contribution < -0.4 is 5.32 Å². The number of hydrogen-bond acceptors (Lipinski definition) is 4. The molecule has 0 aliphatic carbocycles. The van der Waals surface area contributed by atoms with Crippen molar-refractivity contribution in [3.05, 3.63) is 47.3 Å². The number of thioether (sulfide) groups is 1. The largest absolute Gasteiger partial charge is 0.355 e. The second kappa shape index (κ2) is 7.31. The number of carbonyl (C=O) groups excluding carboxylic acids is 2. The number of carbonyl (C=O) groups is 2. The van der Waals surface area contributed by atoms with Crippen molar-refractivity contribution in [1.29, 1.82) is 0 Å². The molecule has 1 atom stereocenters. The number of hydrogen-bond donors (Lipinski definition) is 1. The highest BCUT2D eigenvalue weighted by Gasteiger charge is 2.36. The van der Waals surface area contributed by atoms with E-state index in [1.54, 1.807) is 11.8 Å². The summed E-state index contributed by atoms with van der Waals surface area (Å²) in [6, 6.07) is 9.98. The fourth-order valence-corrected chi connectivity index (χ4v) is 4.50. The van der Waals surface area contributed by atoms with E-state index in [9.17, 15) is 9.59 Å². The molecule has 1 aromatic heterocycles. The third-order valence-corrected chi connectivity index (χ3v) is 5.51. The first kappa shape index (κ1) is 17.5. The van der Waals surface area contributed by atoms with Crippen LogP contribution in [0.15, 0.2) is 30.3 Å². The van der Waals surface area contributed by atoms with Gasteiger partial charge in [0.05, 0.1) is 17.1 Å². The van der Waals surface area contributed by atoms with E-state index in [-0.39, 0.29) is 17.2 Å². The van der Waals surface area contributed by atoms with Gasteiger partial charge in [-0.15, -0.1) is 11.8 Å². The Morgan fingerprint density at radius 2 is 2.04 bits per heavy atom. The quantitative estimate of drug-likeness (QED) is 0.890. The molecule has 0 saturated carbocycles. The summed E-state index contributed by atoms with van der Waals surface area (Å²) in [6.07, 6.45) is 0. The number of nitrogens with one attached hydrogen (secondary N) is 1. The van der Waals surface area contributed by atoms with Crippen molar-refractivity contribution in [2.75, 3.05) is 18.8 Å². The fourth-order valence-electron chi connectivity index (χ4n) is 3.12. The maximum absolute atomic E-state index is 12.3. The number of aryl methyl sites for hydroxylation is 1. The fraction of sp³-hybridized carbons (Fsp3) is 0.389. The number of aromatic nitrogens is 2. The van der Waals surface area contributed by atoms with Gasteiger partial charge in [-0.3, -0.25) is 9.59 Å². The molecule has 1 unspecified atom stereocenters. The monoisotopic (exact) mass is 358 g/mol. The van der Waals surface area contributed by atoms with Crippen molar-refractivity contribution < 1.29 is 9.59 Å². The number of rotatable bonds is 5. The van der Waals surface area contributed by atoms with Crippen LogP contribution in [0.4, 0.5) is 0 Å². The van der Waals surface area contributed by atoms with Gasteiger partial charge in [0, 0.05) is 31.3 Å². The Balaban J connectivity index is 1.88. The lowest BCUT2D eigenvalue weighted by Gasteiger charge is -2.24. The van der Waals surface area contributed by atoms with E-state index in [2.05, 4.69) is 10.4 Å². The summed E-state index contributed by atoms with van der Waals surface area (Å²) < 4.78 is 1.93. The van der Waals surface area contributed by atoms with Gasteiger partial charge in [-0.2, -0.15) is 5.10 Å². The zero-order valence-corrected chi connectivity index (χ0v) is 15.5. The molecule has 1 aliphatic heterocycles. The molecule has 0 bridgehead atoms. The summed E-state index contributed by atoms with van der Waals surface area (Å²) in [5.74, 6) is 0.479. The zero-order chi connectivity index (χ0) is 18.0. The molecule has 2 heterocycles. The summed E-state index contributed by atoms with van der Waals surface area (Å²) >= 11 is 1.62. The predicted octanol–water partition coefficient (Wildman–Crippen LogP) is 2.20. The Bertz CT molecular complexity index is 788. The maximum Gasteiger partial charge on any atom is 0.233 e. The molecule has 7 heteroatoms. The Morgan fingerprint density at radius 1 is 1.32 bits per heavy atom. The van der Waals surface area contributed by atoms with E-state index in [1.807, 2.05) is 53.8 Å². The number of nitrogens with zero attached hydrogens (tertiary/aromatic N) is 3. The van der Waals surface area contributed by atoms with Crippen LogP contribution in [0.2, 0.25) is 0 Å². The maximum atomic E-state index is 12.3. The number of benzene rings is 1. The molecule has 2 amide bonds. The second-order valence-corrected chi connectivity index (χ2v) is 7.13. The summed E-state index contributed by atoms with van der Waals surface area (Å²) in [5.41, 5.74) is 4.06. The van der Waals surface area contributed by atoms with Crippen molar-refractivity contribution in [1.82, 2.24) is 20.0 Å². The van der Waals surface area contributed by atoms with E-state index in [4.69, 9.17) is 0 Å². The predicted molar refractivity (Wildman–Crippen MR) is 98.6 cm³/mol. The van der Waals surface area contributed by atoms with Crippen LogP contribution in [0.1, 0.15) is 29.2 Å². The van der Waals surface area contributed by atoms with Gasteiger partial charge in [-0.25, -0.2) is 4.68 Å². The molecule has 1 fully saturated rings. The smallest absolute Gasteiger partial charge is 0.233 e. The topological polar surface area (TPSA) is 67.2 Å². The van der Waals surface area contributed by atoms with Crippen LogP contribution in [0, 0.1) is 13.8 Å². The van der Waals surface area contributed by atoms with E-state index < -0.39 is 0 Å². The number of para-hydroxylation sites is 1. The molecule has 6 nitrogen and oxygen atoms in total. The van der Waals surface area contributed by atoms with Gasteiger partial charge in [0.1, 0.15) is 5.37 Å². The van der Waals surface area contributed by atoms with Crippen molar-refractivity contribution >= 4 is 23.6 Å². The highest BCUT2D eigenvalue weighted by Crippen LogP contribution is 2.41. The first-order chi connectivity index (χ1) is 12.0. The lowest BCUT2D eigenvalue weighted by atomic mass is 10.1. The molecule has 1 aromatic carbocycles. The standard InChI is InChI=1S/C18H22N4O2S/c1-12-17(13(2)22(20-12)15-7-5-4-6-8-15)18-21(16(24)11-25-18)10-9-19-14(3)23/h4-8,18H,9-11H2,1-3H3,(H,19,23). The lowest BCUT2D eigenvalue weighted by molar-refractivity contribution is -0.128. The summed E-state index contributed by atoms with van der Waals surface area (Å²) in [4.78, 5) is 25.2. The molecule has 1 saturated heterocycles. The van der Waals surface area contributed by atoms with E-state index >= 15 is 0 Å². The van der Waals surface area contributed by atoms with Crippen LogP contribution in [0.5, 0.6) is 0 Å². The van der Waals surface area contributed by atoms with E-state index in [0.29, 0.717) is 18.8 Å². The van der Waals surface area contributed by atoms with Gasteiger partial charge in [-0.1, -0.05) is 18.2 Å². The summed E-state index contributed by atoms with van der Waals surface area (Å²) in [7, 11) is 0. The molecular formula is C18H22N4O2S. The minimum Gasteiger partial charge on any atom is -0.355 e. The van der Waals surface area contributed by atoms with E-state index in [0.717, 1.165) is 22.6 Å². The molecular weight excluding hydrogens is 336 g/mol. The molecule has 1 N–H and O–H groups in total. The molecule has 1 aliphatic rings. The van der Waals surface area contributed by atoms with Crippen molar-refractivity contribution in [3.63, 3.8) is 0 Å². The second-order valence-electron chi connectivity index (χ2n) is 6.07. The van der Waals surface area contributed by atoms with Gasteiger partial charge >= 0.3 is 0 Å². The van der Waals surface area contributed by atoms with Gasteiger partial charge in [0.25, 0.3) is 0 Å². The summed E-state index contributed by atoms with van der Waals surface area (Å²) in [5, 5.41) is 7.39. The minimum absolute atomic E-state index is 0.0567. The van der Waals surface area contributed by atoms with Crippen molar-refractivity contribution in [2.24, 2.45) is 0 Å². The van der Waals surface area contributed by atoms with Crippen molar-refractivity contribution in [3.8, 4) is 5.69 Å². The normalized spacial score (nSPS) is 17.2. The van der Waals surface area contributed by atoms with Gasteiger partial charge in [-0.05, 0) is 26.0 Å². The van der Waals surface area contributed by atoms with E-state index in [1.165, 1.54) is 6.92 Å². The third-order valence-electron chi connectivity index (χ3n) is 4.29. The average Bonchev–Trinajstić information content (AvgIpc) is 3.08. The highest BCUT2D eigenvalue weighted by atomic mass is 32.2. The Labute approximate surface area is 151 Å². The molecule has 3 rings (SSSR count). The van der Waals surface area contributed by atoms with Gasteiger partial charge in [0.2, 0.25) is 11.8 Å². The third kappa shape index (κ3) is 3.56. The number of amides is 2. The SMILES string of the molecule is CC(=O)NCCN1C(=O)CSC1c1c(C)nn(-c2ccccc2)c1C. The molecule has 132 valence electrons. The van der Waals surface area contributed by atoms with Crippen LogP contribution in [0.25, 0.3) is 5.69 Å². The van der Waals surface area contributed by atoms with Crippen LogP contribution in [-0.4, -0.2) is 45.3 Å². The Hall–Kier alpha value is -2.28. The van der Waals surface area contributed by atoms with Gasteiger partial charge < -0.3 is 10.2 Å². The Kier molecular flexibility index (Phi) is 5.13.